The molecule has 0 bridgehead atoms. The summed E-state index contributed by atoms with van der Waals surface area (Å²) in [7, 11) is 1.90. The monoisotopic (exact) mass is 253 g/mol. The molecule has 19 heavy (non-hydrogen) atoms. The first-order valence-corrected chi connectivity index (χ1v) is 6.51. The fourth-order valence-corrected chi connectivity index (χ4v) is 2.17. The number of hydrogen-bond donors (Lipinski definition) is 1. The van der Waals surface area contributed by atoms with E-state index in [0.717, 1.165) is 18.5 Å². The van der Waals surface area contributed by atoms with Gasteiger partial charge in [-0.3, -0.25) is 0 Å². The summed E-state index contributed by atoms with van der Waals surface area (Å²) < 4.78 is 1.86. The molecule has 2 aromatic rings. The highest BCUT2D eigenvalue weighted by Gasteiger charge is 2.05. The van der Waals surface area contributed by atoms with E-state index in [1.54, 1.807) is 0 Å². The molecular formula is C16H19N3. The Labute approximate surface area is 114 Å². The number of aryl methyl sites for hydroxylation is 1. The van der Waals surface area contributed by atoms with Crippen molar-refractivity contribution in [3.05, 3.63) is 59.4 Å². The Balaban J connectivity index is 1.86. The maximum Gasteiger partial charge on any atom is 0.120 e. The third-order valence-corrected chi connectivity index (χ3v) is 3.22. The molecule has 3 heteroatoms. The van der Waals surface area contributed by atoms with E-state index in [1.807, 2.05) is 29.9 Å². The van der Waals surface area contributed by atoms with Crippen LogP contribution in [-0.2, 0) is 20.0 Å². The van der Waals surface area contributed by atoms with Crippen LogP contribution in [0.15, 0.2) is 42.6 Å². The van der Waals surface area contributed by atoms with Crippen molar-refractivity contribution in [3.8, 4) is 6.07 Å². The van der Waals surface area contributed by atoms with Crippen LogP contribution in [0.2, 0.25) is 0 Å². The summed E-state index contributed by atoms with van der Waals surface area (Å²) in [5.41, 5.74) is 3.19. The van der Waals surface area contributed by atoms with Crippen molar-refractivity contribution < 1.29 is 0 Å². The highest BCUT2D eigenvalue weighted by atomic mass is 14.9. The molecule has 1 unspecified atom stereocenters. The molecule has 1 N–H and O–H groups in total. The molecule has 1 atom stereocenters. The third-order valence-electron chi connectivity index (χ3n) is 3.22. The van der Waals surface area contributed by atoms with E-state index in [0.29, 0.717) is 11.7 Å². The van der Waals surface area contributed by atoms with Gasteiger partial charge < -0.3 is 9.88 Å². The molecule has 0 aliphatic heterocycles. The van der Waals surface area contributed by atoms with Gasteiger partial charge in [-0.15, -0.1) is 0 Å². The molecule has 1 aromatic carbocycles. The summed E-state index contributed by atoms with van der Waals surface area (Å²) in [4.78, 5) is 0. The molecule has 2 rings (SSSR count). The Morgan fingerprint density at radius 2 is 2.00 bits per heavy atom. The van der Waals surface area contributed by atoms with Gasteiger partial charge in [-0.1, -0.05) is 30.3 Å². The molecule has 0 spiro atoms. The van der Waals surface area contributed by atoms with Gasteiger partial charge in [0.15, 0.2) is 0 Å². The number of hydrogen-bond acceptors (Lipinski definition) is 2. The van der Waals surface area contributed by atoms with Crippen LogP contribution < -0.4 is 5.32 Å². The molecule has 0 radical (unpaired) electrons. The van der Waals surface area contributed by atoms with E-state index >= 15 is 0 Å². The zero-order valence-corrected chi connectivity index (χ0v) is 11.4. The Hall–Kier alpha value is -2.05. The van der Waals surface area contributed by atoms with Crippen molar-refractivity contribution in [2.75, 3.05) is 0 Å². The lowest BCUT2D eigenvalue weighted by atomic mass is 10.1. The Morgan fingerprint density at radius 1 is 1.26 bits per heavy atom. The second-order valence-electron chi connectivity index (χ2n) is 4.93. The van der Waals surface area contributed by atoms with Crippen LogP contribution in [0.1, 0.15) is 23.7 Å². The van der Waals surface area contributed by atoms with Gasteiger partial charge in [0.1, 0.15) is 11.8 Å². The van der Waals surface area contributed by atoms with Gasteiger partial charge in [0, 0.05) is 25.8 Å². The molecule has 0 aliphatic carbocycles. The fourth-order valence-electron chi connectivity index (χ4n) is 2.17. The predicted molar refractivity (Wildman–Crippen MR) is 76.6 cm³/mol. The van der Waals surface area contributed by atoms with Gasteiger partial charge in [-0.05, 0) is 30.5 Å². The number of rotatable bonds is 5. The average molecular weight is 253 g/mol. The normalized spacial score (nSPS) is 12.1. The molecule has 0 fully saturated rings. The van der Waals surface area contributed by atoms with Crippen LogP contribution in [0.5, 0.6) is 0 Å². The zero-order chi connectivity index (χ0) is 13.7. The van der Waals surface area contributed by atoms with Crippen molar-refractivity contribution in [3.63, 3.8) is 0 Å². The van der Waals surface area contributed by atoms with Crippen molar-refractivity contribution in [2.45, 2.75) is 25.9 Å². The minimum atomic E-state index is 0.410. The molecule has 1 aromatic heterocycles. The molecule has 3 nitrogen and oxygen atoms in total. The minimum Gasteiger partial charge on any atom is -0.342 e. The summed E-state index contributed by atoms with van der Waals surface area (Å²) >= 11 is 0. The lowest BCUT2D eigenvalue weighted by molar-refractivity contribution is 0.545. The number of nitrogens with zero attached hydrogens (tertiary/aromatic N) is 2. The van der Waals surface area contributed by atoms with Crippen LogP contribution in [0, 0.1) is 11.3 Å². The van der Waals surface area contributed by atoms with Crippen molar-refractivity contribution in [1.29, 1.82) is 5.26 Å². The van der Waals surface area contributed by atoms with Crippen LogP contribution in [-0.4, -0.2) is 10.6 Å². The standard InChI is InChI=1S/C16H19N3/c1-13(8-14-6-4-3-5-7-14)18-11-15-9-16(10-17)19(2)12-15/h3-7,9,12-13,18H,8,11H2,1-2H3. The minimum absolute atomic E-state index is 0.410. The third kappa shape index (κ3) is 3.70. The van der Waals surface area contributed by atoms with E-state index in [4.69, 9.17) is 5.26 Å². The van der Waals surface area contributed by atoms with Crippen LogP contribution in [0.4, 0.5) is 0 Å². The Kier molecular flexibility index (Phi) is 4.38. The lowest BCUT2D eigenvalue weighted by Gasteiger charge is -2.13. The maximum atomic E-state index is 8.91. The molecule has 0 amide bonds. The quantitative estimate of drug-likeness (QED) is 0.890. The largest absolute Gasteiger partial charge is 0.342 e. The molecule has 0 aliphatic rings. The van der Waals surface area contributed by atoms with Gasteiger partial charge in [0.05, 0.1) is 0 Å². The first kappa shape index (κ1) is 13.4. The maximum absolute atomic E-state index is 8.91. The fraction of sp³-hybridized carbons (Fsp3) is 0.312. The van der Waals surface area contributed by atoms with Crippen molar-refractivity contribution in [2.24, 2.45) is 7.05 Å². The first-order chi connectivity index (χ1) is 9.19. The predicted octanol–water partition coefficient (Wildman–Crippen LogP) is 2.62. The number of nitrogens with one attached hydrogen (secondary N) is 1. The SMILES string of the molecule is CC(Cc1ccccc1)NCc1cc(C#N)n(C)c1. The summed E-state index contributed by atoms with van der Waals surface area (Å²) in [6, 6.07) is 15.0. The number of nitriles is 1. The van der Waals surface area contributed by atoms with Crippen LogP contribution in [0.25, 0.3) is 0 Å². The molecule has 0 saturated heterocycles. The van der Waals surface area contributed by atoms with Crippen molar-refractivity contribution >= 4 is 0 Å². The van der Waals surface area contributed by atoms with E-state index < -0.39 is 0 Å². The first-order valence-electron chi connectivity index (χ1n) is 6.51. The highest BCUT2D eigenvalue weighted by Crippen LogP contribution is 2.07. The van der Waals surface area contributed by atoms with E-state index in [9.17, 15) is 0 Å². The van der Waals surface area contributed by atoms with Gasteiger partial charge in [0.2, 0.25) is 0 Å². The summed E-state index contributed by atoms with van der Waals surface area (Å²) in [6.07, 6.45) is 3.01. The van der Waals surface area contributed by atoms with E-state index in [2.05, 4.69) is 42.6 Å². The van der Waals surface area contributed by atoms with Crippen LogP contribution >= 0.6 is 0 Å². The van der Waals surface area contributed by atoms with Crippen molar-refractivity contribution in [1.82, 2.24) is 9.88 Å². The van der Waals surface area contributed by atoms with Crippen LogP contribution in [0.3, 0.4) is 0 Å². The van der Waals surface area contributed by atoms with Gasteiger partial charge in [-0.2, -0.15) is 5.26 Å². The van der Waals surface area contributed by atoms with E-state index in [1.165, 1.54) is 5.56 Å². The second kappa shape index (κ2) is 6.21. The summed E-state index contributed by atoms with van der Waals surface area (Å²) in [5.74, 6) is 0. The van der Waals surface area contributed by atoms with Gasteiger partial charge >= 0.3 is 0 Å². The lowest BCUT2D eigenvalue weighted by Crippen LogP contribution is -2.27. The number of benzene rings is 1. The highest BCUT2D eigenvalue weighted by molar-refractivity contribution is 5.28. The average Bonchev–Trinajstić information content (AvgIpc) is 2.78. The van der Waals surface area contributed by atoms with Gasteiger partial charge in [0.25, 0.3) is 0 Å². The molecular weight excluding hydrogens is 234 g/mol. The second-order valence-corrected chi connectivity index (χ2v) is 4.93. The Bertz CT molecular complexity index is 563. The number of aromatic nitrogens is 1. The Morgan fingerprint density at radius 3 is 2.63 bits per heavy atom. The van der Waals surface area contributed by atoms with E-state index in [-0.39, 0.29) is 0 Å². The molecule has 1 heterocycles. The smallest absolute Gasteiger partial charge is 0.120 e. The summed E-state index contributed by atoms with van der Waals surface area (Å²) in [6.45, 7) is 2.98. The molecule has 98 valence electrons. The molecule has 0 saturated carbocycles. The topological polar surface area (TPSA) is 40.8 Å². The summed E-state index contributed by atoms with van der Waals surface area (Å²) in [5, 5.41) is 12.4. The van der Waals surface area contributed by atoms with Gasteiger partial charge in [-0.25, -0.2) is 0 Å². The zero-order valence-electron chi connectivity index (χ0n) is 11.4.